The first-order valence-corrected chi connectivity index (χ1v) is 7.39. The summed E-state index contributed by atoms with van der Waals surface area (Å²) in [7, 11) is 0. The third kappa shape index (κ3) is 3.05. The van der Waals surface area contributed by atoms with Crippen molar-refractivity contribution in [3.05, 3.63) is 85.1 Å². The van der Waals surface area contributed by atoms with E-state index in [9.17, 15) is 25.0 Å². The van der Waals surface area contributed by atoms with Crippen LogP contribution in [0.3, 0.4) is 0 Å². The van der Waals surface area contributed by atoms with Gasteiger partial charge in [-0.05, 0) is 25.1 Å². The molecule has 1 heterocycles. The number of aliphatic imine (C=N–C) groups is 1. The van der Waals surface area contributed by atoms with Gasteiger partial charge < -0.3 is 4.74 Å². The van der Waals surface area contributed by atoms with Crippen LogP contribution in [-0.2, 0) is 9.53 Å². The summed E-state index contributed by atoms with van der Waals surface area (Å²) in [5.74, 6) is -0.870. The largest absolute Gasteiger partial charge is 0.402 e. The van der Waals surface area contributed by atoms with Crippen molar-refractivity contribution in [1.29, 1.82) is 0 Å². The van der Waals surface area contributed by atoms with E-state index in [2.05, 4.69) is 4.99 Å². The van der Waals surface area contributed by atoms with E-state index in [1.807, 2.05) is 0 Å². The zero-order valence-corrected chi connectivity index (χ0v) is 13.4. The topological polar surface area (TPSA) is 125 Å². The Bertz CT molecular complexity index is 1010. The van der Waals surface area contributed by atoms with Crippen LogP contribution >= 0.6 is 0 Å². The molecule has 0 aromatic heterocycles. The van der Waals surface area contributed by atoms with Crippen LogP contribution in [0.1, 0.15) is 16.7 Å². The quantitative estimate of drug-likeness (QED) is 0.360. The van der Waals surface area contributed by atoms with Crippen LogP contribution < -0.4 is 0 Å². The Hall–Kier alpha value is -3.88. The molecule has 1 aliphatic heterocycles. The predicted octanol–water partition coefficient (Wildman–Crippen LogP) is 3.16. The van der Waals surface area contributed by atoms with Crippen molar-refractivity contribution in [3.63, 3.8) is 0 Å². The lowest BCUT2D eigenvalue weighted by Gasteiger charge is -2.04. The Morgan fingerprint density at radius 3 is 2.35 bits per heavy atom. The Kier molecular flexibility index (Phi) is 4.27. The average Bonchev–Trinajstić information content (AvgIpc) is 2.95. The number of hydrogen-bond donors (Lipinski definition) is 0. The summed E-state index contributed by atoms with van der Waals surface area (Å²) in [6, 6.07) is 10.2. The standard InChI is InChI=1S/C17H11N3O6/c1-10-12(6-4-8-14(10)19(22)23)16-18-13(17(21)26-16)9-11-5-2-3-7-15(11)20(24)25/h2-9H,1H3/b13-9-. The van der Waals surface area contributed by atoms with Crippen LogP contribution in [0.2, 0.25) is 0 Å². The highest BCUT2D eigenvalue weighted by atomic mass is 16.6. The first kappa shape index (κ1) is 17.0. The van der Waals surface area contributed by atoms with Crippen LogP contribution in [0.4, 0.5) is 11.4 Å². The molecule has 1 aliphatic rings. The number of nitrogens with zero attached hydrogens (tertiary/aromatic N) is 3. The molecule has 2 aromatic carbocycles. The average molecular weight is 353 g/mol. The lowest BCUT2D eigenvalue weighted by molar-refractivity contribution is -0.385. The first-order chi connectivity index (χ1) is 12.4. The molecule has 0 N–H and O–H groups in total. The fourth-order valence-electron chi connectivity index (χ4n) is 2.50. The van der Waals surface area contributed by atoms with E-state index in [0.29, 0.717) is 11.1 Å². The predicted molar refractivity (Wildman–Crippen MR) is 91.5 cm³/mol. The van der Waals surface area contributed by atoms with Crippen molar-refractivity contribution in [2.75, 3.05) is 0 Å². The molecule has 0 bridgehead atoms. The summed E-state index contributed by atoms with van der Waals surface area (Å²) < 4.78 is 5.10. The zero-order valence-electron chi connectivity index (χ0n) is 13.4. The van der Waals surface area contributed by atoms with E-state index < -0.39 is 15.8 Å². The number of carbonyl (C=O) groups is 1. The number of carbonyl (C=O) groups excluding carboxylic acids is 1. The molecule has 0 unspecified atom stereocenters. The Morgan fingerprint density at radius 2 is 1.65 bits per heavy atom. The Morgan fingerprint density at radius 1 is 1.00 bits per heavy atom. The van der Waals surface area contributed by atoms with E-state index in [1.165, 1.54) is 43.3 Å². The minimum absolute atomic E-state index is 0.0824. The lowest BCUT2D eigenvalue weighted by Crippen LogP contribution is -2.08. The van der Waals surface area contributed by atoms with Crippen molar-refractivity contribution < 1.29 is 19.4 Å². The maximum Gasteiger partial charge on any atom is 0.363 e. The summed E-state index contributed by atoms with van der Waals surface area (Å²) in [4.78, 5) is 37.1. The second kappa shape index (κ2) is 6.55. The van der Waals surface area contributed by atoms with Crippen LogP contribution in [0.25, 0.3) is 6.08 Å². The summed E-state index contributed by atoms with van der Waals surface area (Å²) in [6.45, 7) is 1.52. The van der Waals surface area contributed by atoms with Gasteiger partial charge in [-0.15, -0.1) is 0 Å². The second-order valence-corrected chi connectivity index (χ2v) is 5.36. The second-order valence-electron chi connectivity index (χ2n) is 5.36. The molecule has 0 atom stereocenters. The fourth-order valence-corrected chi connectivity index (χ4v) is 2.50. The van der Waals surface area contributed by atoms with E-state index in [0.717, 1.165) is 0 Å². The summed E-state index contributed by atoms with van der Waals surface area (Å²) in [5, 5.41) is 22.1. The molecule has 0 saturated heterocycles. The number of cyclic esters (lactones) is 1. The molecule has 0 radical (unpaired) electrons. The summed E-state index contributed by atoms with van der Waals surface area (Å²) >= 11 is 0. The van der Waals surface area contributed by atoms with E-state index >= 15 is 0 Å². The molecule has 3 rings (SSSR count). The number of rotatable bonds is 4. The van der Waals surface area contributed by atoms with E-state index in [-0.39, 0.29) is 28.5 Å². The number of benzene rings is 2. The zero-order chi connectivity index (χ0) is 18.8. The van der Waals surface area contributed by atoms with Crippen LogP contribution in [0, 0.1) is 27.2 Å². The van der Waals surface area contributed by atoms with Crippen molar-refractivity contribution in [2.24, 2.45) is 4.99 Å². The number of esters is 1. The van der Waals surface area contributed by atoms with Crippen molar-refractivity contribution in [2.45, 2.75) is 6.92 Å². The van der Waals surface area contributed by atoms with Gasteiger partial charge in [0.15, 0.2) is 5.70 Å². The number of para-hydroxylation sites is 1. The molecule has 2 aromatic rings. The van der Waals surface area contributed by atoms with Gasteiger partial charge in [0.1, 0.15) is 0 Å². The molecule has 9 nitrogen and oxygen atoms in total. The summed E-state index contributed by atoms with van der Waals surface area (Å²) in [5.41, 5.74) is 0.375. The molecule has 130 valence electrons. The van der Waals surface area contributed by atoms with Crippen molar-refractivity contribution >= 4 is 29.3 Å². The van der Waals surface area contributed by atoms with Crippen LogP contribution in [0.15, 0.2) is 53.2 Å². The molecule has 0 fully saturated rings. The molecular formula is C17H11N3O6. The van der Waals surface area contributed by atoms with E-state index in [1.54, 1.807) is 12.1 Å². The number of nitro groups is 2. The molecule has 0 aliphatic carbocycles. The van der Waals surface area contributed by atoms with Gasteiger partial charge in [-0.3, -0.25) is 20.2 Å². The molecule has 0 saturated carbocycles. The normalized spacial score (nSPS) is 14.9. The lowest BCUT2D eigenvalue weighted by atomic mass is 10.1. The summed E-state index contributed by atoms with van der Waals surface area (Å²) in [6.07, 6.45) is 1.25. The third-order valence-electron chi connectivity index (χ3n) is 3.78. The van der Waals surface area contributed by atoms with Gasteiger partial charge in [0, 0.05) is 23.3 Å². The van der Waals surface area contributed by atoms with Gasteiger partial charge in [0.2, 0.25) is 5.90 Å². The molecule has 0 amide bonds. The Balaban J connectivity index is 2.05. The molecule has 9 heteroatoms. The first-order valence-electron chi connectivity index (χ1n) is 7.39. The van der Waals surface area contributed by atoms with Gasteiger partial charge in [-0.1, -0.05) is 18.2 Å². The fraction of sp³-hybridized carbons (Fsp3) is 0.0588. The third-order valence-corrected chi connectivity index (χ3v) is 3.78. The minimum atomic E-state index is -0.788. The smallest absolute Gasteiger partial charge is 0.363 e. The molecule has 26 heavy (non-hydrogen) atoms. The van der Waals surface area contributed by atoms with Crippen molar-refractivity contribution in [1.82, 2.24) is 0 Å². The number of nitro benzene ring substituents is 2. The molecular weight excluding hydrogens is 342 g/mol. The monoisotopic (exact) mass is 353 g/mol. The maximum absolute atomic E-state index is 12.1. The highest BCUT2D eigenvalue weighted by Gasteiger charge is 2.28. The minimum Gasteiger partial charge on any atom is -0.402 e. The van der Waals surface area contributed by atoms with Gasteiger partial charge >= 0.3 is 5.97 Å². The van der Waals surface area contributed by atoms with Gasteiger partial charge in [0.05, 0.1) is 15.4 Å². The highest BCUT2D eigenvalue weighted by molar-refractivity contribution is 6.13. The number of ether oxygens (including phenoxy) is 1. The Labute approximate surface area is 146 Å². The highest BCUT2D eigenvalue weighted by Crippen LogP contribution is 2.27. The van der Waals surface area contributed by atoms with Gasteiger partial charge in [0.25, 0.3) is 11.4 Å². The molecule has 0 spiro atoms. The maximum atomic E-state index is 12.1. The van der Waals surface area contributed by atoms with Gasteiger partial charge in [-0.25, -0.2) is 9.79 Å². The number of hydrogen-bond acceptors (Lipinski definition) is 7. The van der Waals surface area contributed by atoms with Crippen LogP contribution in [-0.4, -0.2) is 21.7 Å². The van der Waals surface area contributed by atoms with Gasteiger partial charge in [-0.2, -0.15) is 0 Å². The SMILES string of the molecule is Cc1c(C2=N/C(=C\c3ccccc3[N+](=O)[O-])C(=O)O2)cccc1[N+](=O)[O-]. The van der Waals surface area contributed by atoms with Crippen molar-refractivity contribution in [3.8, 4) is 0 Å². The van der Waals surface area contributed by atoms with E-state index in [4.69, 9.17) is 4.74 Å². The van der Waals surface area contributed by atoms with Crippen LogP contribution in [0.5, 0.6) is 0 Å².